The summed E-state index contributed by atoms with van der Waals surface area (Å²) >= 11 is 1.26. The Morgan fingerprint density at radius 1 is 1.08 bits per heavy atom. The molecule has 1 N–H and O–H groups in total. The topological polar surface area (TPSA) is 54.9 Å². The van der Waals surface area contributed by atoms with Crippen LogP contribution in [-0.4, -0.2) is 15.9 Å². The first kappa shape index (κ1) is 16.1. The van der Waals surface area contributed by atoms with Crippen molar-refractivity contribution in [3.8, 4) is 10.7 Å². The van der Waals surface area contributed by atoms with E-state index in [0.717, 1.165) is 12.1 Å². The van der Waals surface area contributed by atoms with Gasteiger partial charge in [-0.05, 0) is 36.4 Å². The number of rotatable bonds is 3. The monoisotopic (exact) mass is 349 g/mol. The third kappa shape index (κ3) is 3.60. The molecule has 1 aromatic carbocycles. The van der Waals surface area contributed by atoms with Crippen molar-refractivity contribution in [3.63, 3.8) is 0 Å². The summed E-state index contributed by atoms with van der Waals surface area (Å²) in [5.74, 6) is -0.492. The van der Waals surface area contributed by atoms with Crippen molar-refractivity contribution >= 4 is 22.9 Å². The van der Waals surface area contributed by atoms with Crippen molar-refractivity contribution in [3.05, 3.63) is 65.3 Å². The van der Waals surface area contributed by atoms with Crippen LogP contribution < -0.4 is 5.32 Å². The summed E-state index contributed by atoms with van der Waals surface area (Å²) in [4.78, 5) is 20.5. The van der Waals surface area contributed by atoms with Crippen LogP contribution in [0.1, 0.15) is 16.1 Å². The normalized spacial score (nSPS) is 11.3. The molecular weight excluding hydrogens is 339 g/mol. The van der Waals surface area contributed by atoms with E-state index in [0.29, 0.717) is 10.7 Å². The van der Waals surface area contributed by atoms with Crippen LogP contribution in [0.15, 0.2) is 54.0 Å². The number of aromatic nitrogens is 2. The van der Waals surface area contributed by atoms with Gasteiger partial charge in [0.05, 0.1) is 11.3 Å². The number of alkyl halides is 3. The number of amides is 1. The number of nitrogens with one attached hydrogen (secondary N) is 1. The number of benzene rings is 1. The van der Waals surface area contributed by atoms with Gasteiger partial charge in [0, 0.05) is 17.3 Å². The van der Waals surface area contributed by atoms with Gasteiger partial charge in [0.2, 0.25) is 0 Å². The summed E-state index contributed by atoms with van der Waals surface area (Å²) in [5.41, 5.74) is 0.323. The highest BCUT2D eigenvalue weighted by atomic mass is 32.1. The Hall–Kier alpha value is -2.74. The third-order valence-corrected chi connectivity index (χ3v) is 3.96. The molecule has 0 atom stereocenters. The maximum atomic E-state index is 12.5. The molecular formula is C16H10F3N3OS. The minimum Gasteiger partial charge on any atom is -0.321 e. The second-order valence-electron chi connectivity index (χ2n) is 4.78. The van der Waals surface area contributed by atoms with E-state index in [9.17, 15) is 18.0 Å². The lowest BCUT2D eigenvalue weighted by molar-refractivity contribution is -0.137. The Labute approximate surface area is 139 Å². The second-order valence-corrected chi connectivity index (χ2v) is 5.64. The summed E-state index contributed by atoms with van der Waals surface area (Å²) in [6, 6.07) is 9.59. The van der Waals surface area contributed by atoms with Crippen LogP contribution >= 0.6 is 11.3 Å². The predicted molar refractivity (Wildman–Crippen MR) is 84.7 cm³/mol. The Morgan fingerprint density at radius 2 is 1.83 bits per heavy atom. The van der Waals surface area contributed by atoms with Gasteiger partial charge < -0.3 is 5.32 Å². The van der Waals surface area contributed by atoms with Crippen LogP contribution in [0.3, 0.4) is 0 Å². The summed E-state index contributed by atoms with van der Waals surface area (Å²) in [7, 11) is 0. The van der Waals surface area contributed by atoms with E-state index >= 15 is 0 Å². The molecule has 0 spiro atoms. The molecule has 0 bridgehead atoms. The van der Waals surface area contributed by atoms with E-state index in [-0.39, 0.29) is 11.4 Å². The Balaban J connectivity index is 1.73. The fraction of sp³-hybridized carbons (Fsp3) is 0.0625. The highest BCUT2D eigenvalue weighted by molar-refractivity contribution is 7.13. The molecule has 0 aliphatic carbocycles. The van der Waals surface area contributed by atoms with Crippen molar-refractivity contribution in [2.45, 2.75) is 6.18 Å². The summed E-state index contributed by atoms with van der Waals surface area (Å²) < 4.78 is 37.5. The predicted octanol–water partition coefficient (Wildman–Crippen LogP) is 4.48. The summed E-state index contributed by atoms with van der Waals surface area (Å²) in [6.07, 6.45) is -2.78. The number of hydrogen-bond acceptors (Lipinski definition) is 4. The van der Waals surface area contributed by atoms with Crippen LogP contribution in [0, 0.1) is 0 Å². The average Bonchev–Trinajstić information content (AvgIpc) is 3.05. The van der Waals surface area contributed by atoms with Crippen molar-refractivity contribution in [2.24, 2.45) is 0 Å². The lowest BCUT2D eigenvalue weighted by Crippen LogP contribution is -2.12. The first-order chi connectivity index (χ1) is 11.4. The quantitative estimate of drug-likeness (QED) is 0.759. The lowest BCUT2D eigenvalue weighted by atomic mass is 10.2. The van der Waals surface area contributed by atoms with Crippen molar-refractivity contribution < 1.29 is 18.0 Å². The smallest absolute Gasteiger partial charge is 0.321 e. The summed E-state index contributed by atoms with van der Waals surface area (Å²) in [6.45, 7) is 0. The fourth-order valence-corrected chi connectivity index (χ4v) is 2.70. The maximum Gasteiger partial charge on any atom is 0.416 e. The minimum absolute atomic E-state index is 0.181. The first-order valence-corrected chi connectivity index (χ1v) is 7.67. The molecule has 4 nitrogen and oxygen atoms in total. The van der Waals surface area contributed by atoms with E-state index in [1.54, 1.807) is 23.7 Å². The molecule has 0 unspecified atom stereocenters. The number of anilines is 1. The molecule has 0 saturated carbocycles. The molecule has 3 rings (SSSR count). The van der Waals surface area contributed by atoms with Gasteiger partial charge in [0.25, 0.3) is 5.91 Å². The highest BCUT2D eigenvalue weighted by Crippen LogP contribution is 2.30. The number of thiazole rings is 1. The molecule has 3 aromatic rings. The number of nitrogens with zero attached hydrogens (tertiary/aromatic N) is 2. The number of hydrogen-bond donors (Lipinski definition) is 1. The van der Waals surface area contributed by atoms with Crippen molar-refractivity contribution in [1.29, 1.82) is 0 Å². The minimum atomic E-state index is -4.41. The van der Waals surface area contributed by atoms with Gasteiger partial charge in [-0.15, -0.1) is 11.3 Å². The van der Waals surface area contributed by atoms with Gasteiger partial charge in [0.15, 0.2) is 0 Å². The van der Waals surface area contributed by atoms with E-state index in [4.69, 9.17) is 0 Å². The Bertz CT molecular complexity index is 845. The molecule has 2 aromatic heterocycles. The number of carbonyl (C=O) groups is 1. The van der Waals surface area contributed by atoms with Crippen LogP contribution in [0.4, 0.5) is 18.9 Å². The fourth-order valence-electron chi connectivity index (χ4n) is 1.92. The molecule has 0 saturated heterocycles. The van der Waals surface area contributed by atoms with E-state index < -0.39 is 17.6 Å². The molecule has 1 amide bonds. The maximum absolute atomic E-state index is 12.5. The summed E-state index contributed by atoms with van der Waals surface area (Å²) in [5, 5.41) is 4.68. The van der Waals surface area contributed by atoms with Crippen LogP contribution in [0.2, 0.25) is 0 Å². The molecule has 0 aliphatic heterocycles. The van der Waals surface area contributed by atoms with Gasteiger partial charge in [0.1, 0.15) is 10.7 Å². The molecule has 24 heavy (non-hydrogen) atoms. The SMILES string of the molecule is O=C(Nc1ccc(C(F)(F)F)cc1)c1csc(-c2ccccn2)n1. The third-order valence-electron chi connectivity index (χ3n) is 3.09. The molecule has 8 heteroatoms. The number of pyridine rings is 1. The van der Waals surface area contributed by atoms with Gasteiger partial charge >= 0.3 is 6.18 Å². The highest BCUT2D eigenvalue weighted by Gasteiger charge is 2.30. The van der Waals surface area contributed by atoms with E-state index in [2.05, 4.69) is 15.3 Å². The zero-order valence-corrected chi connectivity index (χ0v) is 12.9. The zero-order chi connectivity index (χ0) is 17.2. The van der Waals surface area contributed by atoms with Crippen LogP contribution in [0.25, 0.3) is 10.7 Å². The van der Waals surface area contributed by atoms with Crippen LogP contribution in [-0.2, 0) is 6.18 Å². The molecule has 0 radical (unpaired) electrons. The molecule has 2 heterocycles. The standard InChI is InChI=1S/C16H10F3N3OS/c17-16(18,19)10-4-6-11(7-5-10)21-14(23)13-9-24-15(22-13)12-3-1-2-8-20-12/h1-9H,(H,21,23). The van der Waals surface area contributed by atoms with E-state index in [1.807, 2.05) is 6.07 Å². The number of carbonyl (C=O) groups excluding carboxylic acids is 1. The number of halogens is 3. The van der Waals surface area contributed by atoms with Gasteiger partial charge in [-0.2, -0.15) is 13.2 Å². The first-order valence-electron chi connectivity index (χ1n) is 6.79. The molecule has 122 valence electrons. The van der Waals surface area contributed by atoms with Crippen LogP contribution in [0.5, 0.6) is 0 Å². The Kier molecular flexibility index (Phi) is 4.30. The zero-order valence-electron chi connectivity index (χ0n) is 12.0. The van der Waals surface area contributed by atoms with Gasteiger partial charge in [-0.1, -0.05) is 6.07 Å². The lowest BCUT2D eigenvalue weighted by Gasteiger charge is -2.08. The average molecular weight is 349 g/mol. The van der Waals surface area contributed by atoms with E-state index in [1.165, 1.54) is 23.5 Å². The van der Waals surface area contributed by atoms with Gasteiger partial charge in [-0.25, -0.2) is 4.98 Å². The largest absolute Gasteiger partial charge is 0.416 e. The van der Waals surface area contributed by atoms with Gasteiger partial charge in [-0.3, -0.25) is 9.78 Å². The molecule has 0 aliphatic rings. The van der Waals surface area contributed by atoms with Crippen molar-refractivity contribution in [1.82, 2.24) is 9.97 Å². The second kappa shape index (κ2) is 6.40. The Morgan fingerprint density at radius 3 is 2.46 bits per heavy atom. The van der Waals surface area contributed by atoms with Crippen molar-refractivity contribution in [2.75, 3.05) is 5.32 Å². The molecule has 0 fully saturated rings.